The Morgan fingerprint density at radius 2 is 1.25 bits per heavy atom. The maximum Gasteiger partial charge on any atom is 0.308 e. The van der Waals surface area contributed by atoms with Gasteiger partial charge in [0.05, 0.1) is 96.1 Å². The van der Waals surface area contributed by atoms with Crippen LogP contribution in [0.25, 0.3) is 49.2 Å². The first kappa shape index (κ1) is 51.8. The quantitative estimate of drug-likeness (QED) is 0.0189. The number of esters is 2. The maximum absolute atomic E-state index is 15.0. The van der Waals surface area contributed by atoms with Gasteiger partial charge in [0.25, 0.3) is 0 Å². The number of ketones is 1. The number of aliphatic hydroxyl groups excluding tert-OH is 3. The monoisotopic (exact) mass is 947 g/mol. The third-order valence-electron chi connectivity index (χ3n) is 12.0. The van der Waals surface area contributed by atoms with Crippen molar-refractivity contribution in [3.05, 3.63) is 66.0 Å². The van der Waals surface area contributed by atoms with Crippen molar-refractivity contribution in [2.45, 2.75) is 65.1 Å². The molecule has 5 aromatic rings. The number of nitrogens with one attached hydrogen (secondary N) is 1. The number of hydrogen-bond donors (Lipinski definition) is 5. The molecule has 5 aromatic carbocycles. The van der Waals surface area contributed by atoms with Crippen LogP contribution in [0.2, 0.25) is 0 Å². The second kappa shape index (κ2) is 24.6. The highest BCUT2D eigenvalue weighted by Crippen LogP contribution is 2.54. The molecular weight excluding hydrogens is 887 g/mol. The van der Waals surface area contributed by atoms with Crippen LogP contribution >= 0.6 is 0 Å². The molecule has 0 aliphatic heterocycles. The van der Waals surface area contributed by atoms with Gasteiger partial charge in [-0.1, -0.05) is 11.6 Å². The molecule has 18 heteroatoms. The van der Waals surface area contributed by atoms with E-state index in [1.165, 1.54) is 20.1 Å². The summed E-state index contributed by atoms with van der Waals surface area (Å²) in [7, 11) is 2.91. The molecule has 18 nitrogen and oxygen atoms in total. The average molecular weight is 948 g/mol. The number of fused-ring (bicyclic) bond motifs is 1. The lowest BCUT2D eigenvalue weighted by atomic mass is 9.78. The molecule has 0 bridgehead atoms. The summed E-state index contributed by atoms with van der Waals surface area (Å²) in [6, 6.07) is 2.88. The molecule has 368 valence electrons. The number of anilines is 1. The van der Waals surface area contributed by atoms with Gasteiger partial charge in [-0.15, -0.1) is 0 Å². The first-order valence-corrected chi connectivity index (χ1v) is 22.8. The lowest BCUT2D eigenvalue weighted by Gasteiger charge is -2.26. The van der Waals surface area contributed by atoms with Gasteiger partial charge in [-0.2, -0.15) is 0 Å². The maximum atomic E-state index is 15.0. The number of phenols is 1. The molecular formula is C50H61NO17. The smallest absolute Gasteiger partial charge is 0.308 e. The molecule has 1 unspecified atom stereocenters. The number of carbonyl (C=O) groups is 3. The van der Waals surface area contributed by atoms with Crippen molar-refractivity contribution in [3.63, 3.8) is 0 Å². The van der Waals surface area contributed by atoms with Crippen molar-refractivity contribution < 1.29 is 72.7 Å². The highest BCUT2D eigenvalue weighted by molar-refractivity contribution is 6.39. The number of allylic oxidation sites excluding steroid dienone is 1. The van der Waals surface area contributed by atoms with Crippen molar-refractivity contribution >= 4 is 72.6 Å². The van der Waals surface area contributed by atoms with Gasteiger partial charge in [0.15, 0.2) is 11.2 Å². The molecule has 68 heavy (non-hydrogen) atoms. The lowest BCUT2D eigenvalue weighted by molar-refractivity contribution is -0.147. The molecule has 0 radical (unpaired) electrons. The first-order chi connectivity index (χ1) is 32.9. The second-order valence-corrected chi connectivity index (χ2v) is 16.4. The van der Waals surface area contributed by atoms with E-state index in [2.05, 4.69) is 5.32 Å². The predicted octanol–water partition coefficient (Wildman–Crippen LogP) is 3.99. The van der Waals surface area contributed by atoms with Gasteiger partial charge in [0.2, 0.25) is 5.43 Å². The van der Waals surface area contributed by atoms with E-state index in [0.717, 1.165) is 0 Å². The average Bonchev–Trinajstić information content (AvgIpc) is 3.45. The fourth-order valence-electron chi connectivity index (χ4n) is 9.11. The standard InChI is InChI=1S/C50H61NO17/c1-28-23-33-32(7-5-12-64-19-21-67-37(58)9-15-65-18-17-61-3)48(59)43-35(56)25-31(27-54)40-39-30(26-53)24-34(51-10-16-66-20-22-68-36(57)8-14-63-13-6-11-52)42-45(39)46(41(33)44(40)43)47(38(28)29(2)55)50(62-4)49(42)60/h23-25,38,51-54,59H,5-22,26-27H2,1-4H3. The molecule has 0 heterocycles. The zero-order chi connectivity index (χ0) is 48.9. The number of phenolic OH excluding ortho intramolecular Hbond substituents is 1. The fraction of sp³-hybridized carbons (Fsp3) is 0.500. The molecule has 0 fully saturated rings. The van der Waals surface area contributed by atoms with E-state index in [4.69, 9.17) is 43.0 Å². The predicted molar refractivity (Wildman–Crippen MR) is 253 cm³/mol. The summed E-state index contributed by atoms with van der Waals surface area (Å²) in [5.41, 5.74) is 1.54. The molecule has 5 N–H and O–H groups in total. The molecule has 0 spiro atoms. The summed E-state index contributed by atoms with van der Waals surface area (Å²) in [5, 5.41) is 48.8. The van der Waals surface area contributed by atoms with E-state index < -0.39 is 41.9 Å². The van der Waals surface area contributed by atoms with E-state index in [9.17, 15) is 39.3 Å². The molecule has 0 amide bonds. The Morgan fingerprint density at radius 3 is 1.87 bits per heavy atom. The minimum atomic E-state index is -0.991. The van der Waals surface area contributed by atoms with Crippen molar-refractivity contribution in [2.75, 3.05) is 105 Å². The number of aromatic hydroxyl groups is 1. The van der Waals surface area contributed by atoms with Gasteiger partial charge in [-0.3, -0.25) is 24.0 Å². The Morgan fingerprint density at radius 1 is 0.662 bits per heavy atom. The summed E-state index contributed by atoms with van der Waals surface area (Å²) in [6.07, 6.45) is 2.98. The van der Waals surface area contributed by atoms with Crippen LogP contribution in [-0.4, -0.2) is 138 Å². The van der Waals surface area contributed by atoms with Crippen LogP contribution in [0.1, 0.15) is 73.3 Å². The van der Waals surface area contributed by atoms with Crippen LogP contribution in [0.3, 0.4) is 0 Å². The van der Waals surface area contributed by atoms with Gasteiger partial charge in [0, 0.05) is 61.1 Å². The van der Waals surface area contributed by atoms with Crippen LogP contribution < -0.4 is 20.9 Å². The van der Waals surface area contributed by atoms with Crippen molar-refractivity contribution in [3.8, 4) is 11.5 Å². The number of Topliss-reactive ketones (excluding diaryl/α,β-unsaturated/α-hetero) is 1. The third-order valence-corrected chi connectivity index (χ3v) is 12.0. The normalized spacial score (nSPS) is 13.5. The van der Waals surface area contributed by atoms with Gasteiger partial charge < -0.3 is 63.6 Å². The number of rotatable bonds is 30. The van der Waals surface area contributed by atoms with Gasteiger partial charge in [-0.25, -0.2) is 0 Å². The van der Waals surface area contributed by atoms with Gasteiger partial charge in [0.1, 0.15) is 24.7 Å². The third kappa shape index (κ3) is 11.1. The lowest BCUT2D eigenvalue weighted by Crippen LogP contribution is -2.20. The van der Waals surface area contributed by atoms with Gasteiger partial charge in [-0.05, 0) is 83.5 Å². The van der Waals surface area contributed by atoms with Crippen molar-refractivity contribution in [2.24, 2.45) is 0 Å². The van der Waals surface area contributed by atoms with E-state index in [1.54, 1.807) is 26.2 Å². The van der Waals surface area contributed by atoms with Crippen LogP contribution in [0, 0.1) is 0 Å². The molecule has 1 aliphatic carbocycles. The molecule has 0 aromatic heterocycles. The molecule has 0 saturated carbocycles. The minimum Gasteiger partial charge on any atom is -0.507 e. The number of carbonyl (C=O) groups excluding carboxylic acids is 3. The van der Waals surface area contributed by atoms with Crippen LogP contribution in [0.4, 0.5) is 5.69 Å². The first-order valence-electron chi connectivity index (χ1n) is 22.8. The number of benzene rings is 5. The van der Waals surface area contributed by atoms with Crippen LogP contribution in [0.15, 0.2) is 27.3 Å². The van der Waals surface area contributed by atoms with E-state index in [0.29, 0.717) is 92.9 Å². The number of hydrogen-bond acceptors (Lipinski definition) is 18. The van der Waals surface area contributed by atoms with Crippen molar-refractivity contribution in [1.29, 1.82) is 0 Å². The Hall–Kier alpha value is -5.57. The topological polar surface area (TPSA) is 252 Å². The highest BCUT2D eigenvalue weighted by Gasteiger charge is 2.36. The molecule has 0 saturated heterocycles. The number of aliphatic hydroxyl groups is 3. The summed E-state index contributed by atoms with van der Waals surface area (Å²) in [4.78, 5) is 67.2. The van der Waals surface area contributed by atoms with Crippen LogP contribution in [-0.2, 0) is 67.2 Å². The highest BCUT2D eigenvalue weighted by atomic mass is 16.6. The summed E-state index contributed by atoms with van der Waals surface area (Å²) in [5.74, 6) is -2.53. The summed E-state index contributed by atoms with van der Waals surface area (Å²) in [6.45, 7) is 4.30. The Bertz CT molecular complexity index is 2730. The van der Waals surface area contributed by atoms with Crippen LogP contribution in [0.5, 0.6) is 11.5 Å². The minimum absolute atomic E-state index is 0.000582. The SMILES string of the molecule is COCCOCCC(=O)OCCOCCCc1c(O)c2c(=O)cc(CO)c3c4c(CO)cc(NCCOCCOC(=O)CCOCCCO)c5c(=O)c(OC)c6c(c(c1C=C(C)C6C(C)=O)c23)c54. The van der Waals surface area contributed by atoms with Gasteiger partial charge >= 0.3 is 11.9 Å². The Labute approximate surface area is 392 Å². The summed E-state index contributed by atoms with van der Waals surface area (Å²) < 4.78 is 43.4. The van der Waals surface area contributed by atoms with Crippen molar-refractivity contribution in [1.82, 2.24) is 0 Å². The molecule has 1 aliphatic rings. The number of ether oxygens (including phenoxy) is 8. The number of methoxy groups -OCH3 is 2. The van der Waals surface area contributed by atoms with E-state index in [1.807, 2.05) is 0 Å². The zero-order valence-corrected chi connectivity index (χ0v) is 39.0. The Kier molecular flexibility index (Phi) is 18.8. The van der Waals surface area contributed by atoms with E-state index >= 15 is 0 Å². The molecule has 1 atom stereocenters. The fourth-order valence-corrected chi connectivity index (χ4v) is 9.11. The molecule has 6 rings (SSSR count). The summed E-state index contributed by atoms with van der Waals surface area (Å²) >= 11 is 0. The zero-order valence-electron chi connectivity index (χ0n) is 39.0. The van der Waals surface area contributed by atoms with E-state index in [-0.39, 0.29) is 124 Å². The second-order valence-electron chi connectivity index (χ2n) is 16.4. The Balaban J connectivity index is 1.39. The largest absolute Gasteiger partial charge is 0.507 e.